The van der Waals surface area contributed by atoms with Gasteiger partial charge in [0.1, 0.15) is 5.82 Å². The SMILES string of the molecule is CC1CN(S(C)(=O)=O)CCC1NCc1ncc(-c2ccccc2F)o1. The van der Waals surface area contributed by atoms with Gasteiger partial charge in [0.2, 0.25) is 15.9 Å². The number of piperidine rings is 1. The van der Waals surface area contributed by atoms with Crippen LogP contribution in [0.25, 0.3) is 11.3 Å². The molecule has 0 aliphatic carbocycles. The summed E-state index contributed by atoms with van der Waals surface area (Å²) < 4.78 is 44.2. The summed E-state index contributed by atoms with van der Waals surface area (Å²) in [7, 11) is -3.14. The van der Waals surface area contributed by atoms with Crippen LogP contribution in [0.3, 0.4) is 0 Å². The molecule has 1 aromatic heterocycles. The standard InChI is InChI=1S/C17H22FN3O3S/c1-12-11-21(25(2,22)23)8-7-15(12)19-10-17-20-9-16(24-17)13-5-3-4-6-14(13)18/h3-6,9,12,15,19H,7-8,10-11H2,1-2H3. The molecule has 0 bridgehead atoms. The van der Waals surface area contributed by atoms with Crippen LogP contribution >= 0.6 is 0 Å². The Morgan fingerprint density at radius 2 is 2.16 bits per heavy atom. The minimum Gasteiger partial charge on any atom is -0.439 e. The fraction of sp³-hybridized carbons (Fsp3) is 0.471. The van der Waals surface area contributed by atoms with Crippen molar-refractivity contribution in [3.05, 3.63) is 42.2 Å². The molecule has 6 nitrogen and oxygen atoms in total. The molecule has 0 radical (unpaired) electrons. The van der Waals surface area contributed by atoms with Gasteiger partial charge in [0.25, 0.3) is 0 Å². The number of rotatable bonds is 5. The first kappa shape index (κ1) is 18.0. The largest absolute Gasteiger partial charge is 0.439 e. The fourth-order valence-electron chi connectivity index (χ4n) is 3.11. The second-order valence-electron chi connectivity index (χ2n) is 6.47. The summed E-state index contributed by atoms with van der Waals surface area (Å²) in [4.78, 5) is 4.20. The molecular weight excluding hydrogens is 345 g/mol. The Labute approximate surface area is 147 Å². The molecule has 1 aliphatic heterocycles. The normalized spacial score (nSPS) is 22.2. The predicted octanol–water partition coefficient (Wildman–Crippen LogP) is 2.24. The number of nitrogens with one attached hydrogen (secondary N) is 1. The van der Waals surface area contributed by atoms with E-state index in [0.29, 0.717) is 36.8 Å². The average Bonchev–Trinajstić information content (AvgIpc) is 3.02. The molecule has 3 rings (SSSR count). The molecule has 2 unspecified atom stereocenters. The Bertz CT molecular complexity index is 837. The van der Waals surface area contributed by atoms with E-state index in [-0.39, 0.29) is 17.8 Å². The van der Waals surface area contributed by atoms with E-state index in [0.717, 1.165) is 6.42 Å². The maximum atomic E-state index is 13.8. The number of halogens is 1. The third-order valence-corrected chi connectivity index (χ3v) is 5.82. The van der Waals surface area contributed by atoms with Gasteiger partial charge in [-0.1, -0.05) is 19.1 Å². The van der Waals surface area contributed by atoms with Crippen LogP contribution in [0.15, 0.2) is 34.9 Å². The third kappa shape index (κ3) is 4.26. The van der Waals surface area contributed by atoms with Crippen LogP contribution in [0.5, 0.6) is 0 Å². The van der Waals surface area contributed by atoms with Crippen molar-refractivity contribution in [2.75, 3.05) is 19.3 Å². The Morgan fingerprint density at radius 1 is 1.40 bits per heavy atom. The van der Waals surface area contributed by atoms with Crippen LogP contribution in [0.2, 0.25) is 0 Å². The van der Waals surface area contributed by atoms with Crippen molar-refractivity contribution >= 4 is 10.0 Å². The minimum atomic E-state index is -3.14. The van der Waals surface area contributed by atoms with Gasteiger partial charge in [-0.05, 0) is 24.5 Å². The van der Waals surface area contributed by atoms with Gasteiger partial charge in [-0.15, -0.1) is 0 Å². The first-order valence-corrected chi connectivity index (χ1v) is 10.1. The van der Waals surface area contributed by atoms with Crippen LogP contribution in [0.4, 0.5) is 4.39 Å². The molecule has 2 heterocycles. The van der Waals surface area contributed by atoms with Gasteiger partial charge in [0.15, 0.2) is 5.76 Å². The summed E-state index contributed by atoms with van der Waals surface area (Å²) in [6.07, 6.45) is 3.49. The lowest BCUT2D eigenvalue weighted by Gasteiger charge is -2.35. The zero-order chi connectivity index (χ0) is 18.0. The Hall–Kier alpha value is -1.77. The number of aromatic nitrogens is 1. The maximum absolute atomic E-state index is 13.8. The van der Waals surface area contributed by atoms with Crippen molar-refractivity contribution in [2.24, 2.45) is 5.92 Å². The zero-order valence-corrected chi connectivity index (χ0v) is 15.1. The van der Waals surface area contributed by atoms with Crippen molar-refractivity contribution in [3.63, 3.8) is 0 Å². The van der Waals surface area contributed by atoms with Crippen LogP contribution in [-0.4, -0.2) is 43.1 Å². The number of oxazole rings is 1. The number of nitrogens with zero attached hydrogens (tertiary/aromatic N) is 2. The van der Waals surface area contributed by atoms with Crippen molar-refractivity contribution in [1.29, 1.82) is 0 Å². The molecule has 1 aliphatic rings. The Morgan fingerprint density at radius 3 is 2.84 bits per heavy atom. The molecule has 8 heteroatoms. The second kappa shape index (κ2) is 7.23. The van der Waals surface area contributed by atoms with Gasteiger partial charge in [-0.3, -0.25) is 0 Å². The third-order valence-electron chi connectivity index (χ3n) is 4.55. The average molecular weight is 367 g/mol. The molecule has 1 saturated heterocycles. The summed E-state index contributed by atoms with van der Waals surface area (Å²) in [5, 5.41) is 3.37. The van der Waals surface area contributed by atoms with Crippen LogP contribution in [0, 0.1) is 11.7 Å². The molecule has 0 spiro atoms. The van der Waals surface area contributed by atoms with Crippen molar-refractivity contribution in [3.8, 4) is 11.3 Å². The van der Waals surface area contributed by atoms with Crippen LogP contribution in [-0.2, 0) is 16.6 Å². The van der Waals surface area contributed by atoms with Crippen molar-refractivity contribution in [2.45, 2.75) is 25.9 Å². The molecular formula is C17H22FN3O3S. The van der Waals surface area contributed by atoms with E-state index in [1.54, 1.807) is 18.2 Å². The van der Waals surface area contributed by atoms with Gasteiger partial charge < -0.3 is 9.73 Å². The van der Waals surface area contributed by atoms with E-state index in [9.17, 15) is 12.8 Å². The van der Waals surface area contributed by atoms with Gasteiger partial charge in [-0.25, -0.2) is 22.1 Å². The van der Waals surface area contributed by atoms with E-state index >= 15 is 0 Å². The van der Waals surface area contributed by atoms with E-state index in [1.807, 2.05) is 6.92 Å². The first-order chi connectivity index (χ1) is 11.8. The molecule has 1 N–H and O–H groups in total. The quantitative estimate of drug-likeness (QED) is 0.877. The molecule has 0 saturated carbocycles. The van der Waals surface area contributed by atoms with Gasteiger partial charge in [0.05, 0.1) is 24.6 Å². The van der Waals surface area contributed by atoms with E-state index in [4.69, 9.17) is 4.42 Å². The number of hydrogen-bond donors (Lipinski definition) is 1. The first-order valence-electron chi connectivity index (χ1n) is 8.22. The lowest BCUT2D eigenvalue weighted by atomic mass is 9.95. The summed E-state index contributed by atoms with van der Waals surface area (Å²) in [6.45, 7) is 3.45. The molecule has 0 amide bonds. The molecule has 2 atom stereocenters. The summed E-state index contributed by atoms with van der Waals surface area (Å²) in [5.74, 6) is 0.718. The lowest BCUT2D eigenvalue weighted by molar-refractivity contribution is 0.216. The van der Waals surface area contributed by atoms with E-state index < -0.39 is 10.0 Å². The highest BCUT2D eigenvalue weighted by molar-refractivity contribution is 7.88. The summed E-state index contributed by atoms with van der Waals surface area (Å²) in [6, 6.07) is 6.59. The zero-order valence-electron chi connectivity index (χ0n) is 14.3. The van der Waals surface area contributed by atoms with Crippen LogP contribution < -0.4 is 5.32 Å². The number of benzene rings is 1. The molecule has 1 fully saturated rings. The predicted molar refractivity (Wildman–Crippen MR) is 92.7 cm³/mol. The summed E-state index contributed by atoms with van der Waals surface area (Å²) in [5.41, 5.74) is 0.385. The Balaban J connectivity index is 1.59. The van der Waals surface area contributed by atoms with E-state index in [2.05, 4.69) is 10.3 Å². The number of hydrogen-bond acceptors (Lipinski definition) is 5. The monoisotopic (exact) mass is 367 g/mol. The van der Waals surface area contributed by atoms with Crippen molar-refractivity contribution in [1.82, 2.24) is 14.6 Å². The highest BCUT2D eigenvalue weighted by atomic mass is 32.2. The molecule has 1 aromatic carbocycles. The Kier molecular flexibility index (Phi) is 5.21. The molecule has 25 heavy (non-hydrogen) atoms. The fourth-order valence-corrected chi connectivity index (χ4v) is 4.05. The van der Waals surface area contributed by atoms with Crippen molar-refractivity contribution < 1.29 is 17.2 Å². The topological polar surface area (TPSA) is 75.4 Å². The maximum Gasteiger partial charge on any atom is 0.211 e. The summed E-state index contributed by atoms with van der Waals surface area (Å²) >= 11 is 0. The van der Waals surface area contributed by atoms with Crippen LogP contribution in [0.1, 0.15) is 19.2 Å². The molecule has 2 aromatic rings. The van der Waals surface area contributed by atoms with Gasteiger partial charge >= 0.3 is 0 Å². The second-order valence-corrected chi connectivity index (χ2v) is 8.45. The highest BCUT2D eigenvalue weighted by Gasteiger charge is 2.30. The molecule has 136 valence electrons. The smallest absolute Gasteiger partial charge is 0.211 e. The minimum absolute atomic E-state index is 0.182. The number of sulfonamides is 1. The lowest BCUT2D eigenvalue weighted by Crippen LogP contribution is -2.49. The van der Waals surface area contributed by atoms with Gasteiger partial charge in [0, 0.05) is 19.1 Å². The highest BCUT2D eigenvalue weighted by Crippen LogP contribution is 2.24. The van der Waals surface area contributed by atoms with Gasteiger partial charge in [-0.2, -0.15) is 0 Å². The van der Waals surface area contributed by atoms with E-state index in [1.165, 1.54) is 22.8 Å².